The van der Waals surface area contributed by atoms with Crippen LogP contribution in [0.3, 0.4) is 0 Å². The molecule has 1 fully saturated rings. The Morgan fingerprint density at radius 3 is 2.52 bits per heavy atom. The molecule has 1 aliphatic rings. The number of benzene rings is 1. The van der Waals surface area contributed by atoms with E-state index in [-0.39, 0.29) is 5.91 Å². The van der Waals surface area contributed by atoms with E-state index in [1.54, 1.807) is 0 Å². The van der Waals surface area contributed by atoms with Crippen molar-refractivity contribution in [1.82, 2.24) is 10.2 Å². The Morgan fingerprint density at radius 1 is 1.24 bits per heavy atom. The van der Waals surface area contributed by atoms with Crippen molar-refractivity contribution in [3.63, 3.8) is 0 Å². The summed E-state index contributed by atoms with van der Waals surface area (Å²) in [5.41, 5.74) is 7.82. The maximum absolute atomic E-state index is 12.4. The Hall–Kier alpha value is -1.39. The number of nitrogens with one attached hydrogen (secondary N) is 1. The van der Waals surface area contributed by atoms with Gasteiger partial charge in [-0.2, -0.15) is 0 Å². The van der Waals surface area contributed by atoms with Crippen molar-refractivity contribution in [2.75, 3.05) is 7.05 Å². The second-order valence-electron chi connectivity index (χ2n) is 7.83. The van der Waals surface area contributed by atoms with Gasteiger partial charge in [-0.1, -0.05) is 56.9 Å². The maximum Gasteiger partial charge on any atom is 0.240 e. The van der Waals surface area contributed by atoms with Crippen LogP contribution in [0.2, 0.25) is 0 Å². The average molecular weight is 346 g/mol. The summed E-state index contributed by atoms with van der Waals surface area (Å²) < 4.78 is 0. The van der Waals surface area contributed by atoms with E-state index in [4.69, 9.17) is 5.73 Å². The average Bonchev–Trinajstić information content (AvgIpc) is 2.61. The minimum atomic E-state index is -0.789. The zero-order chi connectivity index (χ0) is 18.3. The summed E-state index contributed by atoms with van der Waals surface area (Å²) >= 11 is 0. The minimum absolute atomic E-state index is 0.0650. The smallest absolute Gasteiger partial charge is 0.240 e. The molecule has 0 aromatic heterocycles. The zero-order valence-electron chi connectivity index (χ0n) is 16.2. The molecule has 2 rings (SSSR count). The van der Waals surface area contributed by atoms with Gasteiger partial charge in [-0.05, 0) is 44.4 Å². The van der Waals surface area contributed by atoms with Crippen molar-refractivity contribution in [2.45, 2.75) is 83.5 Å². The first-order valence-corrected chi connectivity index (χ1v) is 9.78. The largest absolute Gasteiger partial charge is 0.350 e. The molecule has 1 aromatic rings. The lowest BCUT2D eigenvalue weighted by molar-refractivity contribution is -0.126. The van der Waals surface area contributed by atoms with Crippen LogP contribution in [0.4, 0.5) is 0 Å². The van der Waals surface area contributed by atoms with Crippen LogP contribution in [-0.2, 0) is 17.9 Å². The fraction of sp³-hybridized carbons (Fsp3) is 0.667. The molecule has 25 heavy (non-hydrogen) atoms. The van der Waals surface area contributed by atoms with Crippen LogP contribution in [0.25, 0.3) is 0 Å². The van der Waals surface area contributed by atoms with Gasteiger partial charge in [0.15, 0.2) is 0 Å². The second-order valence-corrected chi connectivity index (χ2v) is 7.83. The van der Waals surface area contributed by atoms with Crippen LogP contribution in [0, 0.1) is 0 Å². The predicted molar refractivity (Wildman–Crippen MR) is 104 cm³/mol. The highest BCUT2D eigenvalue weighted by Gasteiger charge is 2.27. The Bertz CT molecular complexity index is 550. The van der Waals surface area contributed by atoms with Crippen LogP contribution in [0.15, 0.2) is 24.3 Å². The minimum Gasteiger partial charge on any atom is -0.350 e. The van der Waals surface area contributed by atoms with E-state index >= 15 is 0 Å². The van der Waals surface area contributed by atoms with Crippen molar-refractivity contribution < 1.29 is 4.79 Å². The second kappa shape index (κ2) is 9.35. The maximum atomic E-state index is 12.4. The first-order chi connectivity index (χ1) is 11.9. The molecule has 1 unspecified atom stereocenters. The summed E-state index contributed by atoms with van der Waals surface area (Å²) in [4.78, 5) is 14.8. The first kappa shape index (κ1) is 19.9. The van der Waals surface area contributed by atoms with Gasteiger partial charge in [0, 0.05) is 19.1 Å². The fourth-order valence-electron chi connectivity index (χ4n) is 3.81. The van der Waals surface area contributed by atoms with Gasteiger partial charge in [0.1, 0.15) is 0 Å². The molecule has 4 nitrogen and oxygen atoms in total. The van der Waals surface area contributed by atoms with Crippen molar-refractivity contribution in [1.29, 1.82) is 0 Å². The van der Waals surface area contributed by atoms with Crippen LogP contribution >= 0.6 is 0 Å². The van der Waals surface area contributed by atoms with Crippen molar-refractivity contribution >= 4 is 5.91 Å². The van der Waals surface area contributed by atoms with E-state index in [0.717, 1.165) is 13.0 Å². The highest BCUT2D eigenvalue weighted by atomic mass is 16.2. The van der Waals surface area contributed by atoms with E-state index in [0.29, 0.717) is 19.0 Å². The third-order valence-electron chi connectivity index (χ3n) is 5.46. The molecule has 0 saturated heterocycles. The van der Waals surface area contributed by atoms with E-state index in [1.807, 2.05) is 13.0 Å². The quantitative estimate of drug-likeness (QED) is 0.757. The van der Waals surface area contributed by atoms with Gasteiger partial charge in [0.05, 0.1) is 5.54 Å². The molecule has 0 heterocycles. The van der Waals surface area contributed by atoms with Gasteiger partial charge in [-0.15, -0.1) is 0 Å². The van der Waals surface area contributed by atoms with E-state index in [1.165, 1.54) is 43.2 Å². The molecule has 1 amide bonds. The van der Waals surface area contributed by atoms with Gasteiger partial charge in [-0.3, -0.25) is 9.69 Å². The van der Waals surface area contributed by atoms with E-state index in [9.17, 15) is 4.79 Å². The van der Waals surface area contributed by atoms with Crippen LogP contribution in [0.5, 0.6) is 0 Å². The number of hydrogen-bond donors (Lipinski definition) is 2. The van der Waals surface area contributed by atoms with Gasteiger partial charge >= 0.3 is 0 Å². The Kier molecular flexibility index (Phi) is 7.45. The fourth-order valence-corrected chi connectivity index (χ4v) is 3.81. The SMILES string of the molecule is CCCC(C)(N)C(=O)NCc1ccccc1CN(C)C1CCCCC1. The van der Waals surface area contributed by atoms with Crippen molar-refractivity contribution in [3.05, 3.63) is 35.4 Å². The Labute approximate surface area is 153 Å². The third-order valence-corrected chi connectivity index (χ3v) is 5.46. The van der Waals surface area contributed by atoms with Gasteiger partial charge in [0.2, 0.25) is 5.91 Å². The van der Waals surface area contributed by atoms with Crippen LogP contribution in [0.1, 0.15) is 69.9 Å². The molecule has 3 N–H and O–H groups in total. The van der Waals surface area contributed by atoms with Gasteiger partial charge in [0.25, 0.3) is 0 Å². The highest BCUT2D eigenvalue weighted by Crippen LogP contribution is 2.23. The molecule has 0 spiro atoms. The normalized spacial score (nSPS) is 18.1. The predicted octanol–water partition coefficient (Wildman–Crippen LogP) is 3.58. The van der Waals surface area contributed by atoms with Crippen molar-refractivity contribution in [2.24, 2.45) is 5.73 Å². The monoisotopic (exact) mass is 345 g/mol. The summed E-state index contributed by atoms with van der Waals surface area (Å²) in [5.74, 6) is -0.0650. The lowest BCUT2D eigenvalue weighted by Crippen LogP contribution is -2.51. The molecule has 140 valence electrons. The topological polar surface area (TPSA) is 58.4 Å². The number of nitrogens with zero attached hydrogens (tertiary/aromatic N) is 1. The Morgan fingerprint density at radius 2 is 1.88 bits per heavy atom. The molecular formula is C21H35N3O. The summed E-state index contributed by atoms with van der Waals surface area (Å²) in [6.45, 7) is 5.35. The summed E-state index contributed by atoms with van der Waals surface area (Å²) in [6.07, 6.45) is 8.28. The first-order valence-electron chi connectivity index (χ1n) is 9.78. The summed E-state index contributed by atoms with van der Waals surface area (Å²) in [7, 11) is 2.23. The summed E-state index contributed by atoms with van der Waals surface area (Å²) in [5, 5.41) is 3.03. The Balaban J connectivity index is 1.96. The number of carbonyl (C=O) groups is 1. The molecule has 0 radical (unpaired) electrons. The molecule has 1 atom stereocenters. The van der Waals surface area contributed by atoms with E-state index in [2.05, 4.69) is 42.4 Å². The van der Waals surface area contributed by atoms with E-state index < -0.39 is 5.54 Å². The standard InChI is InChI=1S/C21H35N3O/c1-4-14-21(2,22)20(25)23-15-17-10-8-9-11-18(17)16-24(3)19-12-6-5-7-13-19/h8-11,19H,4-7,12-16,22H2,1-3H3,(H,23,25). The number of hydrogen-bond acceptors (Lipinski definition) is 3. The lowest BCUT2D eigenvalue weighted by atomic mass is 9.94. The molecular weight excluding hydrogens is 310 g/mol. The van der Waals surface area contributed by atoms with Gasteiger partial charge < -0.3 is 11.1 Å². The summed E-state index contributed by atoms with van der Waals surface area (Å²) in [6, 6.07) is 9.10. The van der Waals surface area contributed by atoms with Gasteiger partial charge in [-0.25, -0.2) is 0 Å². The number of amides is 1. The lowest BCUT2D eigenvalue weighted by Gasteiger charge is -2.31. The molecule has 0 bridgehead atoms. The highest BCUT2D eigenvalue weighted by molar-refractivity contribution is 5.85. The molecule has 1 saturated carbocycles. The number of nitrogens with two attached hydrogens (primary N) is 1. The van der Waals surface area contributed by atoms with Crippen LogP contribution in [-0.4, -0.2) is 29.4 Å². The number of rotatable bonds is 8. The molecule has 0 aliphatic heterocycles. The zero-order valence-corrected chi connectivity index (χ0v) is 16.2. The third kappa shape index (κ3) is 5.82. The molecule has 1 aliphatic carbocycles. The molecule has 4 heteroatoms. The number of carbonyl (C=O) groups excluding carboxylic acids is 1. The molecule has 1 aromatic carbocycles. The van der Waals surface area contributed by atoms with Crippen molar-refractivity contribution in [3.8, 4) is 0 Å². The van der Waals surface area contributed by atoms with Crippen LogP contribution < -0.4 is 11.1 Å².